The first kappa shape index (κ1) is 13.1. The molecule has 5 heteroatoms. The van der Waals surface area contributed by atoms with Crippen molar-refractivity contribution >= 4 is 22.7 Å². The summed E-state index contributed by atoms with van der Waals surface area (Å²) in [7, 11) is 0. The van der Waals surface area contributed by atoms with Crippen LogP contribution in [-0.4, -0.2) is 4.92 Å². The maximum atomic E-state index is 10.9. The second kappa shape index (κ2) is 5.25. The molecule has 0 fully saturated rings. The fourth-order valence-corrected chi connectivity index (χ4v) is 3.78. The number of rotatable bonds is 3. The number of fused-ring (bicyclic) bond motifs is 1. The van der Waals surface area contributed by atoms with Crippen LogP contribution in [0.1, 0.15) is 34.9 Å². The van der Waals surface area contributed by atoms with Crippen molar-refractivity contribution in [1.82, 2.24) is 0 Å². The van der Waals surface area contributed by atoms with Crippen LogP contribution >= 0.6 is 11.3 Å². The van der Waals surface area contributed by atoms with E-state index in [2.05, 4.69) is 16.8 Å². The minimum absolute atomic E-state index is 0.147. The Morgan fingerprint density at radius 2 is 2.25 bits per heavy atom. The Morgan fingerprint density at radius 1 is 1.40 bits per heavy atom. The number of benzene rings is 1. The number of aryl methyl sites for hydroxylation is 2. The highest BCUT2D eigenvalue weighted by Crippen LogP contribution is 2.36. The second-order valence-electron chi connectivity index (χ2n) is 5.20. The molecule has 1 aliphatic carbocycles. The third-order valence-electron chi connectivity index (χ3n) is 3.67. The summed E-state index contributed by atoms with van der Waals surface area (Å²) in [4.78, 5) is 12.0. The third kappa shape index (κ3) is 2.54. The molecule has 0 saturated carbocycles. The van der Waals surface area contributed by atoms with Gasteiger partial charge in [-0.3, -0.25) is 10.1 Å². The molecular weight excluding hydrogens is 272 g/mol. The van der Waals surface area contributed by atoms with E-state index < -0.39 is 0 Å². The van der Waals surface area contributed by atoms with Crippen LogP contribution < -0.4 is 5.32 Å². The highest BCUT2D eigenvalue weighted by molar-refractivity contribution is 7.10. The van der Waals surface area contributed by atoms with Gasteiger partial charge in [0.25, 0.3) is 5.69 Å². The van der Waals surface area contributed by atoms with Crippen molar-refractivity contribution in [3.63, 3.8) is 0 Å². The van der Waals surface area contributed by atoms with Crippen LogP contribution in [0.4, 0.5) is 11.4 Å². The van der Waals surface area contributed by atoms with E-state index in [1.165, 1.54) is 16.9 Å². The molecule has 3 rings (SSSR count). The molecule has 104 valence electrons. The van der Waals surface area contributed by atoms with Gasteiger partial charge in [0.05, 0.1) is 11.0 Å². The summed E-state index contributed by atoms with van der Waals surface area (Å²) in [6.07, 6.45) is 3.39. The Bertz CT molecular complexity index is 651. The number of anilines is 1. The number of nitro groups is 1. The van der Waals surface area contributed by atoms with E-state index in [9.17, 15) is 10.1 Å². The van der Waals surface area contributed by atoms with Gasteiger partial charge in [0, 0.05) is 22.7 Å². The lowest BCUT2D eigenvalue weighted by molar-refractivity contribution is -0.384. The smallest absolute Gasteiger partial charge is 0.271 e. The number of nitro benzene ring substituents is 1. The van der Waals surface area contributed by atoms with Gasteiger partial charge < -0.3 is 5.32 Å². The molecule has 1 aromatic carbocycles. The molecule has 0 aliphatic heterocycles. The summed E-state index contributed by atoms with van der Waals surface area (Å²) in [6, 6.07) is 7.62. The molecule has 1 N–H and O–H groups in total. The van der Waals surface area contributed by atoms with Crippen LogP contribution in [0.5, 0.6) is 0 Å². The highest BCUT2D eigenvalue weighted by atomic mass is 32.1. The lowest BCUT2D eigenvalue weighted by Gasteiger charge is -2.24. The van der Waals surface area contributed by atoms with Crippen molar-refractivity contribution < 1.29 is 4.92 Å². The van der Waals surface area contributed by atoms with Crippen LogP contribution in [0, 0.1) is 17.0 Å². The minimum Gasteiger partial charge on any atom is -0.378 e. The highest BCUT2D eigenvalue weighted by Gasteiger charge is 2.21. The summed E-state index contributed by atoms with van der Waals surface area (Å²) < 4.78 is 0. The van der Waals surface area contributed by atoms with Crippen molar-refractivity contribution in [1.29, 1.82) is 0 Å². The van der Waals surface area contributed by atoms with Gasteiger partial charge in [0.1, 0.15) is 0 Å². The molecule has 0 spiro atoms. The molecular formula is C15H16N2O2S. The average Bonchev–Trinajstić information content (AvgIpc) is 2.87. The molecule has 2 aromatic rings. The Labute approximate surface area is 121 Å². The zero-order valence-corrected chi connectivity index (χ0v) is 12.1. The van der Waals surface area contributed by atoms with E-state index in [1.807, 2.05) is 13.0 Å². The first-order chi connectivity index (χ1) is 9.63. The maximum absolute atomic E-state index is 10.9. The molecule has 1 aromatic heterocycles. The van der Waals surface area contributed by atoms with Crippen LogP contribution in [0.25, 0.3) is 0 Å². The van der Waals surface area contributed by atoms with E-state index in [0.717, 1.165) is 24.1 Å². The molecule has 0 radical (unpaired) electrons. The van der Waals surface area contributed by atoms with Crippen molar-refractivity contribution in [2.24, 2.45) is 0 Å². The first-order valence-corrected chi connectivity index (χ1v) is 7.60. The quantitative estimate of drug-likeness (QED) is 0.670. The molecule has 1 unspecified atom stereocenters. The lowest BCUT2D eigenvalue weighted by Crippen LogP contribution is -2.15. The molecule has 1 aliphatic rings. The van der Waals surface area contributed by atoms with E-state index in [-0.39, 0.29) is 16.7 Å². The van der Waals surface area contributed by atoms with E-state index in [4.69, 9.17) is 0 Å². The predicted octanol–water partition coefficient (Wildman–Crippen LogP) is 4.45. The molecule has 0 bridgehead atoms. The van der Waals surface area contributed by atoms with Crippen molar-refractivity contribution in [2.45, 2.75) is 32.2 Å². The molecule has 1 atom stereocenters. The molecule has 0 saturated heterocycles. The standard InChI is InChI=1S/C15H16N2O2S/c1-10-7-11(9-12(8-10)17(18)19)16-14-3-2-4-15-13(14)5-6-20-15/h5-9,14,16H,2-4H2,1H3. The third-order valence-corrected chi connectivity index (χ3v) is 4.66. The summed E-state index contributed by atoms with van der Waals surface area (Å²) in [5.74, 6) is 0. The van der Waals surface area contributed by atoms with Gasteiger partial charge in [-0.1, -0.05) is 0 Å². The number of hydrogen-bond acceptors (Lipinski definition) is 4. The van der Waals surface area contributed by atoms with Gasteiger partial charge in [-0.25, -0.2) is 0 Å². The Hall–Kier alpha value is -1.88. The summed E-state index contributed by atoms with van der Waals surface area (Å²) in [5, 5.41) is 16.5. The van der Waals surface area contributed by atoms with Gasteiger partial charge in [0.15, 0.2) is 0 Å². The van der Waals surface area contributed by atoms with Gasteiger partial charge >= 0.3 is 0 Å². The van der Waals surface area contributed by atoms with Crippen LogP contribution in [-0.2, 0) is 6.42 Å². The van der Waals surface area contributed by atoms with E-state index in [0.29, 0.717) is 0 Å². The summed E-state index contributed by atoms with van der Waals surface area (Å²) in [6.45, 7) is 1.88. The predicted molar refractivity (Wildman–Crippen MR) is 81.5 cm³/mol. The molecule has 20 heavy (non-hydrogen) atoms. The zero-order valence-electron chi connectivity index (χ0n) is 11.3. The average molecular weight is 288 g/mol. The van der Waals surface area contributed by atoms with E-state index in [1.54, 1.807) is 23.5 Å². The first-order valence-electron chi connectivity index (χ1n) is 6.72. The van der Waals surface area contributed by atoms with Crippen LogP contribution in [0.3, 0.4) is 0 Å². The number of non-ortho nitro benzene ring substituents is 1. The fraction of sp³-hybridized carbons (Fsp3) is 0.333. The minimum atomic E-state index is -0.338. The Morgan fingerprint density at radius 3 is 3.05 bits per heavy atom. The van der Waals surface area contributed by atoms with Crippen LogP contribution in [0.2, 0.25) is 0 Å². The van der Waals surface area contributed by atoms with Gasteiger partial charge in [0.2, 0.25) is 0 Å². The SMILES string of the molecule is Cc1cc(NC2CCCc3sccc32)cc([N+](=O)[O-])c1. The Kier molecular flexibility index (Phi) is 3.44. The van der Waals surface area contributed by atoms with E-state index >= 15 is 0 Å². The molecule has 0 amide bonds. The van der Waals surface area contributed by atoms with Crippen molar-refractivity contribution in [2.75, 3.05) is 5.32 Å². The summed E-state index contributed by atoms with van der Waals surface area (Å²) >= 11 is 1.80. The topological polar surface area (TPSA) is 55.2 Å². The van der Waals surface area contributed by atoms with Gasteiger partial charge in [-0.05, 0) is 54.8 Å². The number of nitrogens with one attached hydrogen (secondary N) is 1. The second-order valence-corrected chi connectivity index (χ2v) is 6.20. The number of hydrogen-bond donors (Lipinski definition) is 1. The normalized spacial score (nSPS) is 17.6. The maximum Gasteiger partial charge on any atom is 0.271 e. The fourth-order valence-electron chi connectivity index (χ4n) is 2.79. The van der Waals surface area contributed by atoms with Crippen molar-refractivity contribution in [3.8, 4) is 0 Å². The van der Waals surface area contributed by atoms with Gasteiger partial charge in [-0.15, -0.1) is 11.3 Å². The largest absolute Gasteiger partial charge is 0.378 e. The molecule has 1 heterocycles. The van der Waals surface area contributed by atoms with Gasteiger partial charge in [-0.2, -0.15) is 0 Å². The summed E-state index contributed by atoms with van der Waals surface area (Å²) in [5.41, 5.74) is 3.24. The Balaban J connectivity index is 1.88. The number of nitrogens with zero attached hydrogens (tertiary/aromatic N) is 1. The molecule has 4 nitrogen and oxygen atoms in total. The lowest BCUT2D eigenvalue weighted by atomic mass is 9.94. The monoisotopic (exact) mass is 288 g/mol. The van der Waals surface area contributed by atoms with Crippen molar-refractivity contribution in [3.05, 3.63) is 55.8 Å². The zero-order chi connectivity index (χ0) is 14.1. The number of thiophene rings is 1. The van der Waals surface area contributed by atoms with Crippen LogP contribution in [0.15, 0.2) is 29.6 Å².